The lowest BCUT2D eigenvalue weighted by molar-refractivity contribution is 0.168. The smallest absolute Gasteiger partial charge is 0.133 e. The topological polar surface area (TPSA) is 20.2 Å². The Labute approximate surface area is 138 Å². The van der Waals surface area contributed by atoms with E-state index in [9.17, 15) is 5.11 Å². The van der Waals surface area contributed by atoms with Crippen LogP contribution in [-0.4, -0.2) is 5.11 Å². The van der Waals surface area contributed by atoms with Crippen LogP contribution in [0, 0.1) is 11.3 Å². The second-order valence-corrected chi connectivity index (χ2v) is 9.61. The first-order chi connectivity index (χ1) is 9.49. The molecule has 21 heavy (non-hydrogen) atoms. The van der Waals surface area contributed by atoms with Gasteiger partial charge in [-0.15, -0.1) is 0 Å². The molecule has 0 spiro atoms. The van der Waals surface area contributed by atoms with Gasteiger partial charge in [-0.25, -0.2) is 0 Å². The minimum absolute atomic E-state index is 0.0432. The SMILES string of the molecule is CC1C[C@H](c2cc(Br)c(O)c(C(C)(C)C)c2)CC(C)(C)C1. The number of rotatable bonds is 1. The molecule has 2 atom stereocenters. The van der Waals surface area contributed by atoms with Crippen LogP contribution in [0.5, 0.6) is 5.75 Å². The van der Waals surface area contributed by atoms with Crippen LogP contribution in [0.25, 0.3) is 0 Å². The number of phenols is 1. The molecule has 1 aliphatic carbocycles. The summed E-state index contributed by atoms with van der Waals surface area (Å²) in [4.78, 5) is 0. The van der Waals surface area contributed by atoms with Crippen molar-refractivity contribution in [3.8, 4) is 5.75 Å². The van der Waals surface area contributed by atoms with Crippen LogP contribution >= 0.6 is 15.9 Å². The molecule has 0 aromatic heterocycles. The van der Waals surface area contributed by atoms with E-state index in [1.165, 1.54) is 24.8 Å². The monoisotopic (exact) mass is 352 g/mol. The lowest BCUT2D eigenvalue weighted by Crippen LogP contribution is -2.26. The van der Waals surface area contributed by atoms with Crippen LogP contribution in [0.4, 0.5) is 0 Å². The predicted octanol–water partition coefficient (Wildman–Crippen LogP) is 6.38. The van der Waals surface area contributed by atoms with Crippen molar-refractivity contribution >= 4 is 15.9 Å². The molecule has 1 N–H and O–H groups in total. The van der Waals surface area contributed by atoms with Crippen molar-refractivity contribution in [3.05, 3.63) is 27.7 Å². The highest BCUT2D eigenvalue weighted by Gasteiger charge is 2.33. The van der Waals surface area contributed by atoms with E-state index in [1.54, 1.807) is 0 Å². The maximum absolute atomic E-state index is 10.4. The zero-order valence-corrected chi connectivity index (χ0v) is 15.8. The molecule has 0 aliphatic heterocycles. The number of hydrogen-bond acceptors (Lipinski definition) is 1. The molecule has 1 aromatic carbocycles. The van der Waals surface area contributed by atoms with E-state index in [2.05, 4.69) is 69.6 Å². The Balaban J connectivity index is 2.43. The van der Waals surface area contributed by atoms with Gasteiger partial charge < -0.3 is 5.11 Å². The van der Waals surface area contributed by atoms with Gasteiger partial charge in [-0.1, -0.05) is 47.6 Å². The fourth-order valence-corrected chi connectivity index (χ4v) is 4.51. The van der Waals surface area contributed by atoms with Gasteiger partial charge in [-0.05, 0) is 69.5 Å². The summed E-state index contributed by atoms with van der Waals surface area (Å²) in [5.41, 5.74) is 2.79. The number of phenolic OH excluding ortho intramolecular Hbond substituents is 1. The van der Waals surface area contributed by atoms with Gasteiger partial charge in [0.1, 0.15) is 5.75 Å². The zero-order valence-electron chi connectivity index (χ0n) is 14.3. The molecule has 0 amide bonds. The van der Waals surface area contributed by atoms with Gasteiger partial charge in [0.2, 0.25) is 0 Å². The standard InChI is InChI=1S/C19H29BrO/c1-12-7-14(11-19(5,6)10-12)13-8-15(18(2,3)4)17(21)16(20)9-13/h8-9,12,14,21H,7,10-11H2,1-6H3/t12?,14-/m0/s1. The van der Waals surface area contributed by atoms with E-state index >= 15 is 0 Å². The van der Waals surface area contributed by atoms with Crippen molar-refractivity contribution in [2.24, 2.45) is 11.3 Å². The van der Waals surface area contributed by atoms with Crippen LogP contribution in [0.2, 0.25) is 0 Å². The first kappa shape index (κ1) is 16.9. The van der Waals surface area contributed by atoms with E-state index in [0.29, 0.717) is 17.1 Å². The third-order valence-electron chi connectivity index (χ3n) is 4.75. The maximum Gasteiger partial charge on any atom is 0.133 e. The summed E-state index contributed by atoms with van der Waals surface area (Å²) in [6.45, 7) is 13.6. The molecule has 0 saturated heterocycles. The largest absolute Gasteiger partial charge is 0.506 e. The summed E-state index contributed by atoms with van der Waals surface area (Å²) in [6.07, 6.45) is 3.80. The molecule has 0 bridgehead atoms. The van der Waals surface area contributed by atoms with Gasteiger partial charge in [0.05, 0.1) is 4.47 Å². The Morgan fingerprint density at radius 3 is 2.33 bits per heavy atom. The Hall–Kier alpha value is -0.500. The second kappa shape index (κ2) is 5.61. The summed E-state index contributed by atoms with van der Waals surface area (Å²) in [6, 6.07) is 4.36. The summed E-state index contributed by atoms with van der Waals surface area (Å²) < 4.78 is 0.834. The molecule has 1 nitrogen and oxygen atoms in total. The fourth-order valence-electron chi connectivity index (χ4n) is 4.03. The van der Waals surface area contributed by atoms with Gasteiger partial charge >= 0.3 is 0 Å². The third-order valence-corrected chi connectivity index (χ3v) is 5.36. The van der Waals surface area contributed by atoms with Crippen LogP contribution in [0.1, 0.15) is 77.8 Å². The van der Waals surface area contributed by atoms with Gasteiger partial charge in [-0.2, -0.15) is 0 Å². The highest BCUT2D eigenvalue weighted by molar-refractivity contribution is 9.10. The van der Waals surface area contributed by atoms with Crippen molar-refractivity contribution < 1.29 is 5.11 Å². The van der Waals surface area contributed by atoms with Crippen LogP contribution in [-0.2, 0) is 5.41 Å². The molecular formula is C19H29BrO. The molecule has 2 heteroatoms. The summed E-state index contributed by atoms with van der Waals surface area (Å²) in [5, 5.41) is 10.4. The van der Waals surface area contributed by atoms with Crippen LogP contribution in [0.15, 0.2) is 16.6 Å². The number of aromatic hydroxyl groups is 1. The average Bonchev–Trinajstić information content (AvgIpc) is 2.28. The first-order valence-corrected chi connectivity index (χ1v) is 8.82. The molecule has 0 radical (unpaired) electrons. The van der Waals surface area contributed by atoms with Gasteiger partial charge in [0.15, 0.2) is 0 Å². The Morgan fingerprint density at radius 2 is 1.81 bits per heavy atom. The Bertz CT molecular complexity index is 525. The molecule has 1 aromatic rings. The number of halogens is 1. The van der Waals surface area contributed by atoms with Crippen molar-refractivity contribution in [3.63, 3.8) is 0 Å². The molecule has 2 rings (SSSR count). The van der Waals surface area contributed by atoms with Crippen LogP contribution in [0.3, 0.4) is 0 Å². The lowest BCUT2D eigenvalue weighted by Gasteiger charge is -2.39. The summed E-state index contributed by atoms with van der Waals surface area (Å²) in [7, 11) is 0. The normalized spacial score (nSPS) is 25.9. The maximum atomic E-state index is 10.4. The van der Waals surface area contributed by atoms with E-state index in [4.69, 9.17) is 0 Å². The molecule has 1 fully saturated rings. The molecule has 1 saturated carbocycles. The van der Waals surface area contributed by atoms with Gasteiger partial charge in [-0.3, -0.25) is 0 Å². The molecule has 1 unspecified atom stereocenters. The predicted molar refractivity (Wildman–Crippen MR) is 94.0 cm³/mol. The quantitative estimate of drug-likeness (QED) is 0.621. The van der Waals surface area contributed by atoms with E-state index < -0.39 is 0 Å². The van der Waals surface area contributed by atoms with E-state index in [-0.39, 0.29) is 5.41 Å². The summed E-state index contributed by atoms with van der Waals surface area (Å²) in [5.74, 6) is 1.76. The zero-order chi connectivity index (χ0) is 16.0. The van der Waals surface area contributed by atoms with Gasteiger partial charge in [0.25, 0.3) is 0 Å². The first-order valence-electron chi connectivity index (χ1n) is 8.02. The van der Waals surface area contributed by atoms with Gasteiger partial charge in [0, 0.05) is 5.56 Å². The highest BCUT2D eigenvalue weighted by Crippen LogP contribution is 2.48. The molecule has 118 valence electrons. The van der Waals surface area contributed by atoms with E-state index in [0.717, 1.165) is 16.0 Å². The summed E-state index contributed by atoms with van der Waals surface area (Å²) >= 11 is 3.55. The molecular weight excluding hydrogens is 324 g/mol. The van der Waals surface area contributed by atoms with Crippen molar-refractivity contribution in [2.75, 3.05) is 0 Å². The lowest BCUT2D eigenvalue weighted by atomic mass is 9.66. The fraction of sp³-hybridized carbons (Fsp3) is 0.684. The minimum Gasteiger partial charge on any atom is -0.506 e. The molecule has 0 heterocycles. The number of benzene rings is 1. The Morgan fingerprint density at radius 1 is 1.19 bits per heavy atom. The van der Waals surface area contributed by atoms with Crippen molar-refractivity contribution in [2.45, 2.75) is 72.1 Å². The van der Waals surface area contributed by atoms with Crippen molar-refractivity contribution in [1.29, 1.82) is 0 Å². The highest BCUT2D eigenvalue weighted by atomic mass is 79.9. The molecule has 1 aliphatic rings. The minimum atomic E-state index is -0.0432. The van der Waals surface area contributed by atoms with Crippen LogP contribution < -0.4 is 0 Å². The third kappa shape index (κ3) is 3.83. The average molecular weight is 353 g/mol. The van der Waals surface area contributed by atoms with E-state index in [1.807, 2.05) is 0 Å². The Kier molecular flexibility index (Phi) is 4.50. The van der Waals surface area contributed by atoms with Crippen molar-refractivity contribution in [1.82, 2.24) is 0 Å². The second-order valence-electron chi connectivity index (χ2n) is 8.76. The number of hydrogen-bond donors (Lipinski definition) is 1.